The normalized spacial score (nSPS) is 13.7. The summed E-state index contributed by atoms with van der Waals surface area (Å²) in [5.74, 6) is 1.35. The molecule has 202 valence electrons. The molecule has 1 amide bonds. The average molecular weight is 569 g/mol. The van der Waals surface area contributed by atoms with Gasteiger partial charge >= 0.3 is 6.09 Å². The van der Waals surface area contributed by atoms with Crippen LogP contribution in [0.15, 0.2) is 48.9 Å². The summed E-state index contributed by atoms with van der Waals surface area (Å²) in [5, 5.41) is 6.57. The van der Waals surface area contributed by atoms with Crippen LogP contribution in [0.2, 0.25) is 10.0 Å². The predicted molar refractivity (Wildman–Crippen MR) is 150 cm³/mol. The predicted octanol–water partition coefficient (Wildman–Crippen LogP) is 5.03. The summed E-state index contributed by atoms with van der Waals surface area (Å²) in [6, 6.07) is 8.61. The van der Waals surface area contributed by atoms with E-state index >= 15 is 0 Å². The van der Waals surface area contributed by atoms with Gasteiger partial charge in [0.2, 0.25) is 0 Å². The van der Waals surface area contributed by atoms with Crippen LogP contribution in [-0.2, 0) is 6.54 Å². The zero-order chi connectivity index (χ0) is 27.4. The number of piperazine rings is 1. The van der Waals surface area contributed by atoms with E-state index in [0.717, 1.165) is 38.3 Å². The van der Waals surface area contributed by atoms with Crippen molar-refractivity contribution in [2.75, 3.05) is 45.7 Å². The molecule has 0 unspecified atom stereocenters. The highest BCUT2D eigenvalue weighted by molar-refractivity contribution is 6.41. The van der Waals surface area contributed by atoms with Crippen molar-refractivity contribution in [3.05, 3.63) is 64.5 Å². The fraction of sp³-hybridized carbons (Fsp3) is 0.259. The van der Waals surface area contributed by atoms with Crippen LogP contribution in [0, 0.1) is 0 Å². The van der Waals surface area contributed by atoms with Crippen LogP contribution in [0.5, 0.6) is 17.2 Å². The van der Waals surface area contributed by atoms with E-state index < -0.39 is 6.09 Å². The lowest BCUT2D eigenvalue weighted by atomic mass is 10.0. The lowest BCUT2D eigenvalue weighted by Gasteiger charge is -2.27. The molecule has 1 fully saturated rings. The van der Waals surface area contributed by atoms with Crippen molar-refractivity contribution in [1.82, 2.24) is 25.2 Å². The summed E-state index contributed by atoms with van der Waals surface area (Å²) in [5.41, 5.74) is 2.87. The number of rotatable bonds is 7. The van der Waals surface area contributed by atoms with E-state index in [1.165, 1.54) is 26.6 Å². The molecule has 2 aromatic carbocycles. The molecular weight excluding hydrogens is 543 g/mol. The highest BCUT2D eigenvalue weighted by Gasteiger charge is 2.23. The number of nitrogens with one attached hydrogen (secondary N) is 2. The van der Waals surface area contributed by atoms with Crippen molar-refractivity contribution in [3.8, 4) is 28.4 Å². The fourth-order valence-corrected chi connectivity index (χ4v) is 5.09. The third-order valence-electron chi connectivity index (χ3n) is 6.30. The number of ether oxygens (including phenoxy) is 3. The van der Waals surface area contributed by atoms with Crippen molar-refractivity contribution < 1.29 is 19.0 Å². The molecule has 0 saturated carbocycles. The number of fused-ring (bicyclic) bond motifs is 1. The number of carbonyl (C=O) groups is 1. The van der Waals surface area contributed by atoms with Gasteiger partial charge in [0.15, 0.2) is 5.75 Å². The standard InChI is InChI=1S/C27H26Cl2N6O4/c1-37-19-13-20(38-2)24(29)22(23(19)28)17-4-5-18(26-25(17)31-7-8-32-26)39-27(36)34-21-6-3-16(14-33-21)15-35-11-9-30-10-12-35/h3-8,13-14,30H,9-12,15H2,1-2H3,(H,33,34,36). The van der Waals surface area contributed by atoms with E-state index in [-0.39, 0.29) is 15.8 Å². The van der Waals surface area contributed by atoms with Crippen molar-refractivity contribution in [1.29, 1.82) is 0 Å². The summed E-state index contributed by atoms with van der Waals surface area (Å²) in [4.78, 5) is 28.3. The van der Waals surface area contributed by atoms with Gasteiger partial charge in [-0.05, 0) is 23.8 Å². The maximum absolute atomic E-state index is 12.7. The molecule has 2 aromatic heterocycles. The van der Waals surface area contributed by atoms with Crippen molar-refractivity contribution >= 4 is 46.1 Å². The van der Waals surface area contributed by atoms with Gasteiger partial charge in [-0.3, -0.25) is 15.2 Å². The molecule has 1 aliphatic rings. The number of nitrogens with zero attached hydrogens (tertiary/aromatic N) is 4. The monoisotopic (exact) mass is 568 g/mol. The molecule has 0 atom stereocenters. The minimum atomic E-state index is -0.712. The molecule has 10 nitrogen and oxygen atoms in total. The van der Waals surface area contributed by atoms with Crippen LogP contribution in [0.1, 0.15) is 5.56 Å². The number of benzene rings is 2. The molecule has 0 aliphatic carbocycles. The quantitative estimate of drug-likeness (QED) is 0.317. The lowest BCUT2D eigenvalue weighted by Crippen LogP contribution is -2.42. The molecule has 1 aliphatic heterocycles. The van der Waals surface area contributed by atoms with Crippen LogP contribution < -0.4 is 24.8 Å². The maximum atomic E-state index is 12.7. The van der Waals surface area contributed by atoms with Gasteiger partial charge in [-0.1, -0.05) is 29.3 Å². The number of hydrogen-bond donors (Lipinski definition) is 2. The van der Waals surface area contributed by atoms with Gasteiger partial charge in [0, 0.05) is 68.5 Å². The topological polar surface area (TPSA) is 111 Å². The Morgan fingerprint density at radius 2 is 1.64 bits per heavy atom. The minimum absolute atomic E-state index is 0.205. The molecule has 0 radical (unpaired) electrons. The van der Waals surface area contributed by atoms with Crippen LogP contribution in [-0.4, -0.2) is 66.3 Å². The first-order valence-corrected chi connectivity index (χ1v) is 12.9. The van der Waals surface area contributed by atoms with Crippen LogP contribution >= 0.6 is 23.2 Å². The van der Waals surface area contributed by atoms with Gasteiger partial charge in [0.1, 0.15) is 28.4 Å². The number of methoxy groups -OCH3 is 2. The first kappa shape index (κ1) is 26.9. The number of amides is 1. The van der Waals surface area contributed by atoms with Crippen LogP contribution in [0.25, 0.3) is 22.2 Å². The largest absolute Gasteiger partial charge is 0.495 e. The zero-order valence-corrected chi connectivity index (χ0v) is 22.8. The van der Waals surface area contributed by atoms with E-state index in [4.69, 9.17) is 37.4 Å². The molecule has 0 spiro atoms. The Kier molecular flexibility index (Phi) is 8.27. The lowest BCUT2D eigenvalue weighted by molar-refractivity contribution is 0.215. The summed E-state index contributed by atoms with van der Waals surface area (Å²) in [6.07, 6.45) is 4.07. The third-order valence-corrected chi connectivity index (χ3v) is 7.05. The molecule has 12 heteroatoms. The molecule has 1 saturated heterocycles. The van der Waals surface area contributed by atoms with E-state index in [1.807, 2.05) is 6.07 Å². The second kappa shape index (κ2) is 12.0. The molecule has 0 bridgehead atoms. The van der Waals surface area contributed by atoms with E-state index in [0.29, 0.717) is 39.5 Å². The molecule has 5 rings (SSSR count). The van der Waals surface area contributed by atoms with E-state index in [1.54, 1.807) is 30.5 Å². The maximum Gasteiger partial charge on any atom is 0.418 e. The van der Waals surface area contributed by atoms with Crippen molar-refractivity contribution in [3.63, 3.8) is 0 Å². The second-order valence-corrected chi connectivity index (χ2v) is 9.50. The Labute approximate surface area is 235 Å². The summed E-state index contributed by atoms with van der Waals surface area (Å²) < 4.78 is 16.4. The first-order valence-electron chi connectivity index (χ1n) is 12.2. The smallest absolute Gasteiger partial charge is 0.418 e. The Balaban J connectivity index is 1.37. The SMILES string of the molecule is COc1cc(OC)c(Cl)c(-c2ccc(OC(=O)Nc3ccc(CN4CCNCC4)cn3)c3nccnc23)c1Cl. The highest BCUT2D eigenvalue weighted by Crippen LogP contribution is 2.47. The highest BCUT2D eigenvalue weighted by atomic mass is 35.5. The molecule has 3 heterocycles. The summed E-state index contributed by atoms with van der Waals surface area (Å²) in [7, 11) is 3.00. The Bertz CT molecular complexity index is 1470. The fourth-order valence-electron chi connectivity index (χ4n) is 4.39. The van der Waals surface area contributed by atoms with Gasteiger partial charge in [-0.15, -0.1) is 0 Å². The zero-order valence-electron chi connectivity index (χ0n) is 21.3. The Morgan fingerprint density at radius 1 is 0.949 bits per heavy atom. The number of aromatic nitrogens is 3. The number of pyridine rings is 1. The van der Waals surface area contributed by atoms with Crippen molar-refractivity contribution in [2.24, 2.45) is 0 Å². The van der Waals surface area contributed by atoms with Gasteiger partial charge in [-0.2, -0.15) is 0 Å². The van der Waals surface area contributed by atoms with Gasteiger partial charge in [-0.25, -0.2) is 14.8 Å². The minimum Gasteiger partial charge on any atom is -0.495 e. The summed E-state index contributed by atoms with van der Waals surface area (Å²) in [6.45, 7) is 4.75. The number of halogens is 2. The summed E-state index contributed by atoms with van der Waals surface area (Å²) >= 11 is 13.3. The first-order chi connectivity index (χ1) is 19.0. The Morgan fingerprint density at radius 3 is 2.28 bits per heavy atom. The van der Waals surface area contributed by atoms with Gasteiger partial charge < -0.3 is 19.5 Å². The molecular formula is C27H26Cl2N6O4. The molecule has 2 N–H and O–H groups in total. The van der Waals surface area contributed by atoms with E-state index in [2.05, 4.69) is 30.5 Å². The molecule has 4 aromatic rings. The van der Waals surface area contributed by atoms with Crippen LogP contribution in [0.3, 0.4) is 0 Å². The Hall–Kier alpha value is -3.70. The second-order valence-electron chi connectivity index (χ2n) is 8.74. The number of anilines is 1. The average Bonchev–Trinajstić information content (AvgIpc) is 2.96. The number of hydrogen-bond acceptors (Lipinski definition) is 9. The number of carbonyl (C=O) groups excluding carboxylic acids is 1. The van der Waals surface area contributed by atoms with Crippen LogP contribution in [0.4, 0.5) is 10.6 Å². The van der Waals surface area contributed by atoms with Gasteiger partial charge in [0.05, 0.1) is 24.3 Å². The van der Waals surface area contributed by atoms with E-state index in [9.17, 15) is 4.79 Å². The molecule has 39 heavy (non-hydrogen) atoms. The van der Waals surface area contributed by atoms with Gasteiger partial charge in [0.25, 0.3) is 0 Å². The third kappa shape index (κ3) is 5.84. The van der Waals surface area contributed by atoms with Crippen molar-refractivity contribution in [2.45, 2.75) is 6.54 Å².